The highest BCUT2D eigenvalue weighted by atomic mass is 19.1. The minimum atomic E-state index is -1.11. The molecule has 7 nitrogen and oxygen atoms in total. The zero-order valence-corrected chi connectivity index (χ0v) is 19.7. The number of benzene rings is 3. The Morgan fingerprint density at radius 2 is 1.60 bits per heavy atom. The van der Waals surface area contributed by atoms with E-state index < -0.39 is 36.1 Å². The molecule has 2 amide bonds. The van der Waals surface area contributed by atoms with E-state index >= 15 is 4.39 Å². The van der Waals surface area contributed by atoms with Gasteiger partial charge in [-0.2, -0.15) is 0 Å². The van der Waals surface area contributed by atoms with Gasteiger partial charge in [-0.15, -0.1) is 0 Å². The van der Waals surface area contributed by atoms with Gasteiger partial charge in [0.05, 0.1) is 12.1 Å². The lowest BCUT2D eigenvalue weighted by molar-refractivity contribution is -0.136. The van der Waals surface area contributed by atoms with E-state index in [1.54, 1.807) is 69.3 Å². The van der Waals surface area contributed by atoms with E-state index in [2.05, 4.69) is 5.32 Å². The Bertz CT molecular complexity index is 1220. The number of alkyl carbamates (subject to hydrolysis) is 1. The molecule has 0 unspecified atom stereocenters. The van der Waals surface area contributed by atoms with Crippen LogP contribution in [0.5, 0.6) is 0 Å². The number of anilines is 1. The van der Waals surface area contributed by atoms with Crippen molar-refractivity contribution in [3.05, 3.63) is 89.7 Å². The van der Waals surface area contributed by atoms with Gasteiger partial charge >= 0.3 is 12.1 Å². The summed E-state index contributed by atoms with van der Waals surface area (Å²) in [4.78, 5) is 38.3. The maximum atomic E-state index is 15.8. The molecule has 3 rings (SSSR count). The number of carbonyl (C=O) groups excluding carboxylic acids is 2. The molecule has 0 heterocycles. The minimum absolute atomic E-state index is 0.0717. The highest BCUT2D eigenvalue weighted by Gasteiger charge is 2.26. The van der Waals surface area contributed by atoms with Gasteiger partial charge in [0.15, 0.2) is 5.82 Å². The van der Waals surface area contributed by atoms with Crippen LogP contribution in [0.3, 0.4) is 0 Å². The fourth-order valence-corrected chi connectivity index (χ4v) is 3.48. The highest BCUT2D eigenvalue weighted by Crippen LogP contribution is 2.31. The Balaban J connectivity index is 2.04. The van der Waals surface area contributed by atoms with Crippen molar-refractivity contribution in [3.63, 3.8) is 0 Å². The molecule has 8 heteroatoms. The summed E-state index contributed by atoms with van der Waals surface area (Å²) in [6.07, 6.45) is -1.17. The predicted molar refractivity (Wildman–Crippen MR) is 131 cm³/mol. The van der Waals surface area contributed by atoms with Gasteiger partial charge in [0.25, 0.3) is 5.91 Å². The largest absolute Gasteiger partial charge is 0.481 e. The quantitative estimate of drug-likeness (QED) is 0.452. The summed E-state index contributed by atoms with van der Waals surface area (Å²) in [5.41, 5.74) is 0.406. The van der Waals surface area contributed by atoms with Crippen molar-refractivity contribution in [3.8, 4) is 11.1 Å². The maximum Gasteiger partial charge on any atom is 0.409 e. The van der Waals surface area contributed by atoms with Crippen LogP contribution >= 0.6 is 0 Å². The molecule has 3 aromatic carbocycles. The molecule has 0 aliphatic rings. The van der Waals surface area contributed by atoms with Crippen molar-refractivity contribution in [1.29, 1.82) is 0 Å². The fourth-order valence-electron chi connectivity index (χ4n) is 3.48. The molecule has 3 aromatic rings. The molecule has 0 spiro atoms. The van der Waals surface area contributed by atoms with Crippen molar-refractivity contribution in [2.75, 3.05) is 11.6 Å². The third-order valence-corrected chi connectivity index (χ3v) is 4.97. The van der Waals surface area contributed by atoms with E-state index in [0.29, 0.717) is 5.56 Å². The number of nitrogens with zero attached hydrogens (tertiary/aromatic N) is 1. The molecule has 0 aliphatic carbocycles. The second-order valence-electron chi connectivity index (χ2n) is 8.80. The summed E-state index contributed by atoms with van der Waals surface area (Å²) in [5.74, 6) is -2.43. The number of halogens is 1. The van der Waals surface area contributed by atoms with Crippen LogP contribution in [0.2, 0.25) is 0 Å². The van der Waals surface area contributed by atoms with Gasteiger partial charge in [0.1, 0.15) is 12.3 Å². The number of carboxylic acid groups (broad SMARTS) is 1. The summed E-state index contributed by atoms with van der Waals surface area (Å²) < 4.78 is 21.0. The number of amides is 2. The third kappa shape index (κ3) is 6.66. The number of hydrogen-bond acceptors (Lipinski definition) is 4. The van der Waals surface area contributed by atoms with E-state index in [0.717, 1.165) is 4.90 Å². The average Bonchev–Trinajstić information content (AvgIpc) is 2.79. The number of carboxylic acids is 1. The van der Waals surface area contributed by atoms with Gasteiger partial charge in [0.2, 0.25) is 0 Å². The van der Waals surface area contributed by atoms with E-state index in [4.69, 9.17) is 4.74 Å². The predicted octanol–water partition coefficient (Wildman–Crippen LogP) is 5.25. The molecule has 0 saturated carbocycles. The zero-order valence-electron chi connectivity index (χ0n) is 19.7. The fraction of sp³-hybridized carbons (Fsp3) is 0.222. The molecule has 0 atom stereocenters. The van der Waals surface area contributed by atoms with E-state index in [1.165, 1.54) is 18.2 Å². The zero-order chi connectivity index (χ0) is 25.6. The smallest absolute Gasteiger partial charge is 0.409 e. The Hall–Kier alpha value is -4.20. The molecule has 0 radical (unpaired) electrons. The standard InChI is InChI=1S/C27H27FN2O5/c1-27(2,3)35-26(34)29-17-30(25(33)21-13-8-7-12-19(21)16-23(31)32)22-15-9-14-20(24(22)28)18-10-5-4-6-11-18/h4-15H,16-17H2,1-3H3,(H,29,34)(H,31,32). The van der Waals surface area contributed by atoms with Gasteiger partial charge in [-0.05, 0) is 44.0 Å². The third-order valence-electron chi connectivity index (χ3n) is 4.97. The number of rotatable bonds is 7. The summed E-state index contributed by atoms with van der Waals surface area (Å²) in [7, 11) is 0. The molecule has 0 bridgehead atoms. The molecule has 35 heavy (non-hydrogen) atoms. The molecule has 0 fully saturated rings. The van der Waals surface area contributed by atoms with Crippen molar-refractivity contribution in [2.45, 2.75) is 32.8 Å². The number of carbonyl (C=O) groups is 3. The Labute approximate surface area is 203 Å². The lowest BCUT2D eigenvalue weighted by atomic mass is 10.0. The lowest BCUT2D eigenvalue weighted by Gasteiger charge is -2.26. The van der Waals surface area contributed by atoms with Crippen LogP contribution in [0.25, 0.3) is 11.1 Å². The van der Waals surface area contributed by atoms with Crippen molar-refractivity contribution in [2.24, 2.45) is 0 Å². The normalized spacial score (nSPS) is 11.0. The lowest BCUT2D eigenvalue weighted by Crippen LogP contribution is -2.44. The van der Waals surface area contributed by atoms with Gasteiger partial charge in [-0.1, -0.05) is 60.7 Å². The second kappa shape index (κ2) is 10.8. The number of hydrogen-bond donors (Lipinski definition) is 2. The van der Waals surface area contributed by atoms with Crippen LogP contribution < -0.4 is 10.2 Å². The van der Waals surface area contributed by atoms with Crippen LogP contribution in [-0.2, 0) is 16.0 Å². The molecule has 0 saturated heterocycles. The first-order valence-corrected chi connectivity index (χ1v) is 11.0. The first-order chi connectivity index (χ1) is 16.6. The van der Waals surface area contributed by atoms with Crippen LogP contribution in [0.1, 0.15) is 36.7 Å². The van der Waals surface area contributed by atoms with Gasteiger partial charge in [-0.25, -0.2) is 9.18 Å². The Morgan fingerprint density at radius 3 is 2.26 bits per heavy atom. The molecule has 182 valence electrons. The van der Waals surface area contributed by atoms with E-state index in [1.807, 2.05) is 6.07 Å². The summed E-state index contributed by atoms with van der Waals surface area (Å²) in [6.45, 7) is 4.69. The maximum absolute atomic E-state index is 15.8. The SMILES string of the molecule is CC(C)(C)OC(=O)NCN(C(=O)c1ccccc1CC(=O)O)c1cccc(-c2ccccc2)c1F. The Kier molecular flexibility index (Phi) is 7.86. The molecule has 0 aliphatic heterocycles. The van der Waals surface area contributed by atoms with Gasteiger partial charge < -0.3 is 15.2 Å². The molecule has 0 aromatic heterocycles. The number of ether oxygens (including phenoxy) is 1. The number of aliphatic carboxylic acids is 1. The topological polar surface area (TPSA) is 95.9 Å². The molecular formula is C27H27FN2O5. The molecule has 2 N–H and O–H groups in total. The van der Waals surface area contributed by atoms with Crippen molar-refractivity contribution < 1.29 is 28.6 Å². The summed E-state index contributed by atoms with van der Waals surface area (Å²) in [5, 5.41) is 11.8. The van der Waals surface area contributed by atoms with E-state index in [9.17, 15) is 19.5 Å². The highest BCUT2D eigenvalue weighted by molar-refractivity contribution is 6.08. The van der Waals surface area contributed by atoms with Crippen LogP contribution in [0.4, 0.5) is 14.9 Å². The van der Waals surface area contributed by atoms with E-state index in [-0.39, 0.29) is 28.8 Å². The summed E-state index contributed by atoms with van der Waals surface area (Å²) in [6, 6.07) is 19.7. The average molecular weight is 479 g/mol. The minimum Gasteiger partial charge on any atom is -0.481 e. The first kappa shape index (κ1) is 25.4. The second-order valence-corrected chi connectivity index (χ2v) is 8.80. The van der Waals surface area contributed by atoms with Gasteiger partial charge in [0, 0.05) is 11.1 Å². The molecular weight excluding hydrogens is 451 g/mol. The van der Waals surface area contributed by atoms with Crippen molar-refractivity contribution >= 4 is 23.7 Å². The van der Waals surface area contributed by atoms with Gasteiger partial charge in [-0.3, -0.25) is 14.5 Å². The van der Waals surface area contributed by atoms with Crippen LogP contribution in [0.15, 0.2) is 72.8 Å². The van der Waals surface area contributed by atoms with Crippen LogP contribution in [0, 0.1) is 5.82 Å². The Morgan fingerprint density at radius 1 is 0.943 bits per heavy atom. The number of nitrogens with one attached hydrogen (secondary N) is 1. The van der Waals surface area contributed by atoms with Crippen LogP contribution in [-0.4, -0.2) is 35.3 Å². The first-order valence-electron chi connectivity index (χ1n) is 11.0. The summed E-state index contributed by atoms with van der Waals surface area (Å²) >= 11 is 0. The monoisotopic (exact) mass is 478 g/mol. The van der Waals surface area contributed by atoms with Crippen molar-refractivity contribution in [1.82, 2.24) is 5.32 Å².